The lowest BCUT2D eigenvalue weighted by Crippen LogP contribution is -2.14. The number of carbonyl (C=O) groups is 1. The Morgan fingerprint density at radius 1 is 1.10 bits per heavy atom. The molecule has 0 radical (unpaired) electrons. The summed E-state index contributed by atoms with van der Waals surface area (Å²) in [4.78, 5) is 20.2. The van der Waals surface area contributed by atoms with Crippen LogP contribution in [-0.4, -0.2) is 34.2 Å². The summed E-state index contributed by atoms with van der Waals surface area (Å²) in [5, 5.41) is 11.9. The molecule has 1 aromatic heterocycles. The second kappa shape index (κ2) is 9.43. The van der Waals surface area contributed by atoms with Crippen LogP contribution in [-0.2, 0) is 6.18 Å². The lowest BCUT2D eigenvalue weighted by atomic mass is 10.1. The molecule has 0 saturated carbocycles. The van der Waals surface area contributed by atoms with Crippen molar-refractivity contribution in [2.75, 3.05) is 18.5 Å². The van der Waals surface area contributed by atoms with E-state index in [1.807, 2.05) is 0 Å². The number of ether oxygens (including phenoxy) is 1. The quantitative estimate of drug-likeness (QED) is 0.468. The molecule has 0 aliphatic carbocycles. The number of nitrogens with two attached hydrogens (primary N) is 1. The van der Waals surface area contributed by atoms with Crippen molar-refractivity contribution < 1.29 is 27.8 Å². The van der Waals surface area contributed by atoms with Crippen LogP contribution in [0, 0.1) is 0 Å². The van der Waals surface area contributed by atoms with E-state index in [1.54, 1.807) is 12.1 Å². The highest BCUT2D eigenvalue weighted by atomic mass is 19.4. The van der Waals surface area contributed by atoms with E-state index >= 15 is 0 Å². The standard InChI is InChI=1S/C21H19F3N4O3/c22-21(23,24)14-3-5-15(6-4-14)28-20-18(26-8-9-27-20)13-2-7-16(19(25)30)17(12-13)31-11-1-10-29/h2-9,12,29H,1,10-11H2,(H2,25,30)(H,27,28). The third-order valence-electron chi connectivity index (χ3n) is 4.25. The number of halogens is 3. The summed E-state index contributed by atoms with van der Waals surface area (Å²) in [6, 6.07) is 9.19. The van der Waals surface area contributed by atoms with Crippen LogP contribution in [0.3, 0.4) is 0 Å². The maximum absolute atomic E-state index is 12.8. The Kier molecular flexibility index (Phi) is 6.71. The van der Waals surface area contributed by atoms with Crippen LogP contribution >= 0.6 is 0 Å². The number of hydrogen-bond donors (Lipinski definition) is 3. The first-order chi connectivity index (χ1) is 14.8. The Morgan fingerprint density at radius 2 is 1.81 bits per heavy atom. The third-order valence-corrected chi connectivity index (χ3v) is 4.25. The van der Waals surface area contributed by atoms with Crippen molar-refractivity contribution in [2.45, 2.75) is 12.6 Å². The first-order valence-electron chi connectivity index (χ1n) is 9.23. The molecule has 2 aromatic carbocycles. The predicted molar refractivity (Wildman–Crippen MR) is 108 cm³/mol. The molecule has 3 aromatic rings. The first-order valence-corrected chi connectivity index (χ1v) is 9.23. The zero-order chi connectivity index (χ0) is 22.4. The fraction of sp³-hybridized carbons (Fsp3) is 0.190. The Hall–Kier alpha value is -3.66. The van der Waals surface area contributed by atoms with Gasteiger partial charge < -0.3 is 20.9 Å². The van der Waals surface area contributed by atoms with E-state index in [9.17, 15) is 18.0 Å². The Morgan fingerprint density at radius 3 is 2.45 bits per heavy atom. The molecule has 0 aliphatic heterocycles. The first kappa shape index (κ1) is 22.0. The third kappa shape index (κ3) is 5.48. The number of aliphatic hydroxyl groups is 1. The minimum atomic E-state index is -4.43. The van der Waals surface area contributed by atoms with E-state index in [4.69, 9.17) is 15.6 Å². The van der Waals surface area contributed by atoms with Crippen LogP contribution in [0.5, 0.6) is 5.75 Å². The second-order valence-electron chi connectivity index (χ2n) is 6.45. The van der Waals surface area contributed by atoms with Crippen molar-refractivity contribution >= 4 is 17.4 Å². The molecule has 31 heavy (non-hydrogen) atoms. The smallest absolute Gasteiger partial charge is 0.416 e. The fourth-order valence-electron chi connectivity index (χ4n) is 2.76. The Bertz CT molecular complexity index is 1060. The largest absolute Gasteiger partial charge is 0.493 e. The van der Waals surface area contributed by atoms with Crippen molar-refractivity contribution in [3.05, 3.63) is 66.0 Å². The Labute approximate surface area is 175 Å². The van der Waals surface area contributed by atoms with Crippen LogP contribution in [0.4, 0.5) is 24.7 Å². The normalized spacial score (nSPS) is 11.2. The van der Waals surface area contributed by atoms with Gasteiger partial charge in [-0.1, -0.05) is 6.07 Å². The fourth-order valence-corrected chi connectivity index (χ4v) is 2.76. The van der Waals surface area contributed by atoms with E-state index in [0.717, 1.165) is 12.1 Å². The van der Waals surface area contributed by atoms with Crippen LogP contribution in [0.15, 0.2) is 54.9 Å². The minimum absolute atomic E-state index is 0.0725. The number of primary amides is 1. The SMILES string of the molecule is NC(=O)c1ccc(-c2nccnc2Nc2ccc(C(F)(F)F)cc2)cc1OCCCO. The van der Waals surface area contributed by atoms with Gasteiger partial charge in [0.25, 0.3) is 5.91 Å². The molecule has 0 saturated heterocycles. The van der Waals surface area contributed by atoms with Gasteiger partial charge in [-0.2, -0.15) is 13.2 Å². The lowest BCUT2D eigenvalue weighted by molar-refractivity contribution is -0.137. The number of aliphatic hydroxyl groups excluding tert-OH is 1. The van der Waals surface area contributed by atoms with Gasteiger partial charge in [0.05, 0.1) is 17.7 Å². The molecule has 0 spiro atoms. The number of anilines is 2. The lowest BCUT2D eigenvalue weighted by Gasteiger charge is -2.14. The zero-order valence-corrected chi connectivity index (χ0v) is 16.2. The summed E-state index contributed by atoms with van der Waals surface area (Å²) < 4.78 is 43.9. The van der Waals surface area contributed by atoms with Gasteiger partial charge in [-0.05, 0) is 36.4 Å². The van der Waals surface area contributed by atoms with E-state index in [2.05, 4.69) is 15.3 Å². The molecule has 0 fully saturated rings. The van der Waals surface area contributed by atoms with E-state index in [0.29, 0.717) is 29.2 Å². The molecule has 3 rings (SSSR count). The van der Waals surface area contributed by atoms with Crippen molar-refractivity contribution in [2.24, 2.45) is 5.73 Å². The summed E-state index contributed by atoms with van der Waals surface area (Å²) in [5.41, 5.74) is 6.14. The number of benzene rings is 2. The number of carbonyl (C=O) groups excluding carboxylic acids is 1. The molecule has 1 heterocycles. The zero-order valence-electron chi connectivity index (χ0n) is 16.2. The van der Waals surface area contributed by atoms with Crippen LogP contribution < -0.4 is 15.8 Å². The summed E-state index contributed by atoms with van der Waals surface area (Å²) in [6.45, 7) is 0.105. The van der Waals surface area contributed by atoms with E-state index in [1.165, 1.54) is 30.6 Å². The average molecular weight is 432 g/mol. The second-order valence-corrected chi connectivity index (χ2v) is 6.45. The van der Waals surface area contributed by atoms with E-state index < -0.39 is 17.6 Å². The van der Waals surface area contributed by atoms with Crippen LogP contribution in [0.25, 0.3) is 11.3 Å². The molecule has 162 valence electrons. The molecule has 0 bridgehead atoms. The number of nitrogens with one attached hydrogen (secondary N) is 1. The summed E-state index contributed by atoms with van der Waals surface area (Å²) in [5.74, 6) is -0.146. The van der Waals surface area contributed by atoms with Crippen molar-refractivity contribution in [1.29, 1.82) is 0 Å². The van der Waals surface area contributed by atoms with Gasteiger partial charge >= 0.3 is 6.18 Å². The van der Waals surface area contributed by atoms with Gasteiger partial charge in [-0.25, -0.2) is 4.98 Å². The highest BCUT2D eigenvalue weighted by molar-refractivity contribution is 5.96. The monoisotopic (exact) mass is 432 g/mol. The number of hydrogen-bond acceptors (Lipinski definition) is 6. The predicted octanol–water partition coefficient (Wildman–Crippen LogP) is 3.77. The van der Waals surface area contributed by atoms with Gasteiger partial charge in [0.1, 0.15) is 11.4 Å². The number of rotatable bonds is 8. The highest BCUT2D eigenvalue weighted by Gasteiger charge is 2.30. The maximum Gasteiger partial charge on any atom is 0.416 e. The number of amides is 1. The number of alkyl halides is 3. The molecule has 7 nitrogen and oxygen atoms in total. The summed E-state index contributed by atoms with van der Waals surface area (Å²) in [7, 11) is 0. The summed E-state index contributed by atoms with van der Waals surface area (Å²) in [6.07, 6.45) is -1.16. The van der Waals surface area contributed by atoms with Crippen LogP contribution in [0.2, 0.25) is 0 Å². The molecule has 0 atom stereocenters. The molecule has 4 N–H and O–H groups in total. The molecule has 0 unspecified atom stereocenters. The number of aromatic nitrogens is 2. The van der Waals surface area contributed by atoms with Crippen molar-refractivity contribution in [3.8, 4) is 17.0 Å². The minimum Gasteiger partial charge on any atom is -0.493 e. The molecule has 0 aliphatic rings. The van der Waals surface area contributed by atoms with Crippen molar-refractivity contribution in [1.82, 2.24) is 9.97 Å². The maximum atomic E-state index is 12.8. The van der Waals surface area contributed by atoms with Gasteiger partial charge in [0.2, 0.25) is 0 Å². The average Bonchev–Trinajstić information content (AvgIpc) is 2.74. The molecular formula is C21H19F3N4O3. The highest BCUT2D eigenvalue weighted by Crippen LogP contribution is 2.33. The van der Waals surface area contributed by atoms with Gasteiger partial charge in [-0.15, -0.1) is 0 Å². The molecule has 1 amide bonds. The van der Waals surface area contributed by atoms with Crippen LogP contribution in [0.1, 0.15) is 22.3 Å². The number of nitrogens with zero attached hydrogens (tertiary/aromatic N) is 2. The van der Waals surface area contributed by atoms with Gasteiger partial charge in [-0.3, -0.25) is 9.78 Å². The van der Waals surface area contributed by atoms with Crippen molar-refractivity contribution in [3.63, 3.8) is 0 Å². The molecule has 10 heteroatoms. The topological polar surface area (TPSA) is 110 Å². The van der Waals surface area contributed by atoms with Gasteiger partial charge in [0, 0.05) is 36.7 Å². The summed E-state index contributed by atoms with van der Waals surface area (Å²) >= 11 is 0. The van der Waals surface area contributed by atoms with E-state index in [-0.39, 0.29) is 24.5 Å². The van der Waals surface area contributed by atoms with Gasteiger partial charge in [0.15, 0.2) is 5.82 Å². The Balaban J connectivity index is 1.92. The molecular weight excluding hydrogens is 413 g/mol.